The van der Waals surface area contributed by atoms with Gasteiger partial charge in [-0.1, -0.05) is 42.0 Å². The van der Waals surface area contributed by atoms with Gasteiger partial charge in [0.1, 0.15) is 11.4 Å². The van der Waals surface area contributed by atoms with Crippen LogP contribution in [0.5, 0.6) is 5.75 Å². The van der Waals surface area contributed by atoms with Crippen molar-refractivity contribution in [3.05, 3.63) is 81.8 Å². The topological polar surface area (TPSA) is 45.7 Å². The molecular formula is C27H28F3N3O2S. The molecule has 190 valence electrons. The summed E-state index contributed by atoms with van der Waals surface area (Å²) in [6.07, 6.45) is -3.74. The normalized spacial score (nSPS) is 21.3. The lowest BCUT2D eigenvalue weighted by Crippen LogP contribution is -2.35. The third kappa shape index (κ3) is 6.07. The maximum absolute atomic E-state index is 13.2. The Hall–Kier alpha value is -2.91. The molecule has 3 aromatic rings. The highest BCUT2D eigenvalue weighted by Crippen LogP contribution is 2.52. The number of ether oxygens (including phenoxy) is 1. The minimum absolute atomic E-state index is 0.195. The van der Waals surface area contributed by atoms with E-state index in [1.807, 2.05) is 0 Å². The number of hydrogen-bond donors (Lipinski definition) is 0. The second-order valence-electron chi connectivity index (χ2n) is 9.74. The second-order valence-corrected chi connectivity index (χ2v) is 10.5. The number of nitrogens with zero attached hydrogens (tertiary/aromatic N) is 3. The molecule has 5 rings (SSSR count). The number of aryl methyl sites for hydroxylation is 1. The molecule has 1 aromatic heterocycles. The van der Waals surface area contributed by atoms with Crippen LogP contribution in [0.2, 0.25) is 0 Å². The van der Waals surface area contributed by atoms with Crippen LogP contribution < -0.4 is 4.74 Å². The Kier molecular flexibility index (Phi) is 7.03. The predicted molar refractivity (Wildman–Crippen MR) is 132 cm³/mol. The summed E-state index contributed by atoms with van der Waals surface area (Å²) in [6.45, 7) is 5.94. The Labute approximate surface area is 212 Å². The van der Waals surface area contributed by atoms with Crippen molar-refractivity contribution in [2.45, 2.75) is 26.3 Å². The molecular weight excluding hydrogens is 487 g/mol. The van der Waals surface area contributed by atoms with Crippen LogP contribution in [-0.4, -0.2) is 53.2 Å². The highest BCUT2D eigenvalue weighted by Gasteiger charge is 2.55. The average Bonchev–Trinajstić information content (AvgIpc) is 3.22. The summed E-state index contributed by atoms with van der Waals surface area (Å²) in [4.78, 5) is 21.6. The Bertz CT molecular complexity index is 1170. The van der Waals surface area contributed by atoms with E-state index < -0.39 is 6.36 Å². The largest absolute Gasteiger partial charge is 0.573 e. The summed E-state index contributed by atoms with van der Waals surface area (Å²) in [6, 6.07) is 14.5. The quantitative estimate of drug-likeness (QED) is 0.382. The highest BCUT2D eigenvalue weighted by molar-refractivity contribution is 7.07. The fourth-order valence-corrected chi connectivity index (χ4v) is 5.77. The van der Waals surface area contributed by atoms with Crippen molar-refractivity contribution in [2.75, 3.05) is 26.2 Å². The van der Waals surface area contributed by atoms with Gasteiger partial charge < -0.3 is 14.5 Å². The maximum atomic E-state index is 13.2. The molecule has 0 N–H and O–H groups in total. The molecule has 1 aliphatic heterocycles. The number of aromatic nitrogens is 1. The van der Waals surface area contributed by atoms with E-state index in [2.05, 4.69) is 45.8 Å². The van der Waals surface area contributed by atoms with E-state index in [1.165, 1.54) is 40.7 Å². The van der Waals surface area contributed by atoms with Crippen molar-refractivity contribution >= 4 is 17.2 Å². The standard InChI is InChI=1S/C27H28F3N3O2S/c1-18-5-7-19(8-6-18)9-10-32-13-22-23(14-32)24(22)15-33(26(34)25-16-36-17-31-25)12-20-3-2-4-21(11-20)35-27(28,29)30/h2-8,11,16-17,22-24H,9-10,12-15H2,1H3. The zero-order valence-electron chi connectivity index (χ0n) is 19.9. The zero-order chi connectivity index (χ0) is 25.3. The van der Waals surface area contributed by atoms with Gasteiger partial charge in [0.25, 0.3) is 5.91 Å². The zero-order valence-corrected chi connectivity index (χ0v) is 20.8. The molecule has 0 radical (unpaired) electrons. The minimum Gasteiger partial charge on any atom is -0.406 e. The molecule has 1 aliphatic carbocycles. The monoisotopic (exact) mass is 515 g/mol. The molecule has 0 bridgehead atoms. The van der Waals surface area contributed by atoms with Gasteiger partial charge in [-0.05, 0) is 54.4 Å². The third-order valence-electron chi connectivity index (χ3n) is 7.16. The molecule has 2 aliphatic rings. The number of amides is 1. The summed E-state index contributed by atoms with van der Waals surface area (Å²) in [5.41, 5.74) is 5.18. The van der Waals surface area contributed by atoms with Crippen LogP contribution in [0.3, 0.4) is 0 Å². The number of carbonyl (C=O) groups excluding carboxylic acids is 1. The van der Waals surface area contributed by atoms with Crippen LogP contribution in [0.15, 0.2) is 59.4 Å². The van der Waals surface area contributed by atoms with Crippen molar-refractivity contribution in [3.63, 3.8) is 0 Å². The fraction of sp³-hybridized carbons (Fsp3) is 0.407. The number of rotatable bonds is 9. The Morgan fingerprint density at radius 3 is 2.56 bits per heavy atom. The van der Waals surface area contributed by atoms with E-state index in [-0.39, 0.29) is 18.2 Å². The van der Waals surface area contributed by atoms with E-state index in [0.29, 0.717) is 35.6 Å². The van der Waals surface area contributed by atoms with E-state index in [1.54, 1.807) is 21.9 Å². The maximum Gasteiger partial charge on any atom is 0.573 e. The minimum atomic E-state index is -4.76. The van der Waals surface area contributed by atoms with Gasteiger partial charge in [0.05, 0.1) is 5.51 Å². The van der Waals surface area contributed by atoms with Gasteiger partial charge in [0.2, 0.25) is 0 Å². The van der Waals surface area contributed by atoms with E-state index in [0.717, 1.165) is 26.1 Å². The predicted octanol–water partition coefficient (Wildman–Crippen LogP) is 5.41. The highest BCUT2D eigenvalue weighted by atomic mass is 32.1. The van der Waals surface area contributed by atoms with Crippen molar-refractivity contribution in [2.24, 2.45) is 17.8 Å². The Balaban J connectivity index is 1.20. The van der Waals surface area contributed by atoms with Crippen LogP contribution in [-0.2, 0) is 13.0 Å². The molecule has 0 spiro atoms. The molecule has 36 heavy (non-hydrogen) atoms. The van der Waals surface area contributed by atoms with Crippen LogP contribution >= 0.6 is 11.3 Å². The average molecular weight is 516 g/mol. The SMILES string of the molecule is Cc1ccc(CCN2CC3C(C2)C3CN(Cc2cccc(OC(F)(F)F)c2)C(=O)c2cscn2)cc1. The van der Waals surface area contributed by atoms with Crippen LogP contribution in [0, 0.1) is 24.7 Å². The van der Waals surface area contributed by atoms with Crippen LogP contribution in [0.25, 0.3) is 0 Å². The number of piperidine rings is 1. The Morgan fingerprint density at radius 2 is 1.89 bits per heavy atom. The summed E-state index contributed by atoms with van der Waals surface area (Å²) in [7, 11) is 0. The second kappa shape index (κ2) is 10.2. The molecule has 2 unspecified atom stereocenters. The number of fused-ring (bicyclic) bond motifs is 1. The van der Waals surface area contributed by atoms with Gasteiger partial charge in [-0.15, -0.1) is 24.5 Å². The lowest BCUT2D eigenvalue weighted by Gasteiger charge is -2.25. The van der Waals surface area contributed by atoms with Crippen LogP contribution in [0.1, 0.15) is 27.2 Å². The molecule has 2 heterocycles. The van der Waals surface area contributed by atoms with Gasteiger partial charge in [-0.25, -0.2) is 4.98 Å². The number of carbonyl (C=O) groups is 1. The van der Waals surface area contributed by atoms with E-state index in [4.69, 9.17) is 0 Å². The number of likely N-dealkylation sites (tertiary alicyclic amines) is 1. The smallest absolute Gasteiger partial charge is 0.406 e. The molecule has 5 nitrogen and oxygen atoms in total. The number of hydrogen-bond acceptors (Lipinski definition) is 5. The molecule has 9 heteroatoms. The van der Waals surface area contributed by atoms with Gasteiger partial charge >= 0.3 is 6.36 Å². The first-order chi connectivity index (χ1) is 17.2. The lowest BCUT2D eigenvalue weighted by molar-refractivity contribution is -0.274. The van der Waals surface area contributed by atoms with Crippen molar-refractivity contribution in [1.82, 2.24) is 14.8 Å². The summed E-state index contributed by atoms with van der Waals surface area (Å²) in [5, 5.41) is 1.71. The third-order valence-corrected chi connectivity index (χ3v) is 7.75. The molecule has 2 fully saturated rings. The van der Waals surface area contributed by atoms with Crippen molar-refractivity contribution in [1.29, 1.82) is 0 Å². The van der Waals surface area contributed by atoms with E-state index >= 15 is 0 Å². The molecule has 2 atom stereocenters. The fourth-order valence-electron chi connectivity index (χ4n) is 5.25. The number of benzene rings is 2. The molecule has 1 amide bonds. The molecule has 2 aromatic carbocycles. The summed E-state index contributed by atoms with van der Waals surface area (Å²) < 4.78 is 42.1. The van der Waals surface area contributed by atoms with Crippen LogP contribution in [0.4, 0.5) is 13.2 Å². The first-order valence-corrected chi connectivity index (χ1v) is 13.0. The van der Waals surface area contributed by atoms with Gasteiger partial charge in [0, 0.05) is 38.1 Å². The van der Waals surface area contributed by atoms with Crippen molar-refractivity contribution < 1.29 is 22.7 Å². The van der Waals surface area contributed by atoms with Gasteiger partial charge in [-0.3, -0.25) is 4.79 Å². The summed E-state index contributed by atoms with van der Waals surface area (Å²) in [5.74, 6) is 1.02. The number of alkyl halides is 3. The molecule has 1 saturated carbocycles. The van der Waals surface area contributed by atoms with E-state index in [9.17, 15) is 18.0 Å². The summed E-state index contributed by atoms with van der Waals surface area (Å²) >= 11 is 1.35. The number of thiazole rings is 1. The Morgan fingerprint density at radius 1 is 1.14 bits per heavy atom. The van der Waals surface area contributed by atoms with Crippen molar-refractivity contribution in [3.8, 4) is 5.75 Å². The first kappa shape index (κ1) is 24.8. The van der Waals surface area contributed by atoms with Gasteiger partial charge in [-0.2, -0.15) is 0 Å². The molecule has 1 saturated heterocycles. The number of halogens is 3. The van der Waals surface area contributed by atoms with Gasteiger partial charge in [0.15, 0.2) is 0 Å². The first-order valence-electron chi connectivity index (χ1n) is 12.1. The lowest BCUT2D eigenvalue weighted by atomic mass is 10.1.